The van der Waals surface area contributed by atoms with Crippen LogP contribution >= 0.6 is 0 Å². The van der Waals surface area contributed by atoms with Crippen LogP contribution in [0.1, 0.15) is 49.1 Å². The van der Waals surface area contributed by atoms with Crippen LogP contribution in [0.15, 0.2) is 54.6 Å². The molecule has 3 N–H and O–H groups in total. The molecule has 4 rings (SSSR count). The molecule has 2 fully saturated rings. The van der Waals surface area contributed by atoms with Crippen LogP contribution in [-0.2, 0) is 6.42 Å². The lowest BCUT2D eigenvalue weighted by Crippen LogP contribution is -2.48. The van der Waals surface area contributed by atoms with E-state index in [0.29, 0.717) is 23.8 Å². The van der Waals surface area contributed by atoms with Gasteiger partial charge in [-0.3, -0.25) is 4.90 Å². The van der Waals surface area contributed by atoms with Crippen LogP contribution < -0.4 is 5.73 Å². The van der Waals surface area contributed by atoms with E-state index in [-0.39, 0.29) is 6.04 Å². The molecule has 0 aromatic heterocycles. The van der Waals surface area contributed by atoms with Crippen LogP contribution in [0.3, 0.4) is 0 Å². The average molecular weight is 351 g/mol. The summed E-state index contributed by atoms with van der Waals surface area (Å²) in [5.74, 6) is 0.969. The van der Waals surface area contributed by atoms with Crippen molar-refractivity contribution in [1.82, 2.24) is 4.90 Å². The third kappa shape index (κ3) is 3.94. The monoisotopic (exact) mass is 350 g/mol. The lowest BCUT2D eigenvalue weighted by Gasteiger charge is -2.40. The molecule has 2 bridgehead atoms. The Labute approximate surface area is 156 Å². The minimum Gasteiger partial charge on any atom is -0.508 e. The van der Waals surface area contributed by atoms with E-state index in [1.54, 1.807) is 6.07 Å². The Kier molecular flexibility index (Phi) is 5.28. The molecule has 3 atom stereocenters. The second-order valence-electron chi connectivity index (χ2n) is 8.13. The summed E-state index contributed by atoms with van der Waals surface area (Å²) in [6.45, 7) is 1.02. The summed E-state index contributed by atoms with van der Waals surface area (Å²) < 4.78 is 0. The predicted octanol–water partition coefficient (Wildman–Crippen LogP) is 4.06. The molecule has 0 spiro atoms. The Hall–Kier alpha value is -1.84. The highest BCUT2D eigenvalue weighted by atomic mass is 16.3. The van der Waals surface area contributed by atoms with Gasteiger partial charge in [0.2, 0.25) is 0 Å². The SMILES string of the molecule is NC(CCc1ccccc1)CN1C2CCC1CC(c1cccc(O)c1)C2. The van der Waals surface area contributed by atoms with E-state index < -0.39 is 0 Å². The van der Waals surface area contributed by atoms with Gasteiger partial charge in [-0.05, 0) is 67.7 Å². The van der Waals surface area contributed by atoms with Gasteiger partial charge in [-0.1, -0.05) is 42.5 Å². The Morgan fingerprint density at radius 2 is 1.73 bits per heavy atom. The minimum absolute atomic E-state index is 0.246. The standard InChI is InChI=1S/C23H30N2O/c24-20(10-9-17-5-2-1-3-6-17)16-25-21-11-12-22(25)14-19(13-21)18-7-4-8-23(26)15-18/h1-8,15,19-22,26H,9-14,16,24H2. The number of nitrogens with two attached hydrogens (primary N) is 1. The van der Waals surface area contributed by atoms with Gasteiger partial charge in [0, 0.05) is 24.7 Å². The Balaban J connectivity index is 1.33. The van der Waals surface area contributed by atoms with E-state index in [2.05, 4.69) is 41.3 Å². The van der Waals surface area contributed by atoms with Crippen molar-refractivity contribution in [2.75, 3.05) is 6.54 Å². The fourth-order valence-corrected chi connectivity index (χ4v) is 4.98. The summed E-state index contributed by atoms with van der Waals surface area (Å²) in [7, 11) is 0. The quantitative estimate of drug-likeness (QED) is 0.826. The number of hydrogen-bond donors (Lipinski definition) is 2. The topological polar surface area (TPSA) is 49.5 Å². The van der Waals surface area contributed by atoms with Gasteiger partial charge in [-0.15, -0.1) is 0 Å². The van der Waals surface area contributed by atoms with E-state index in [0.717, 1.165) is 19.4 Å². The van der Waals surface area contributed by atoms with Gasteiger partial charge in [-0.2, -0.15) is 0 Å². The van der Waals surface area contributed by atoms with E-state index in [4.69, 9.17) is 5.73 Å². The van der Waals surface area contributed by atoms with Crippen LogP contribution in [0.5, 0.6) is 5.75 Å². The first-order valence-electron chi connectivity index (χ1n) is 10.0. The molecule has 3 unspecified atom stereocenters. The van der Waals surface area contributed by atoms with Crippen LogP contribution in [0.4, 0.5) is 0 Å². The normalized spacial score (nSPS) is 26.7. The second-order valence-corrected chi connectivity index (χ2v) is 8.13. The van der Waals surface area contributed by atoms with E-state index in [1.807, 2.05) is 12.1 Å². The lowest BCUT2D eigenvalue weighted by molar-refractivity contribution is 0.117. The highest BCUT2D eigenvalue weighted by Gasteiger charge is 2.41. The molecule has 2 heterocycles. The molecule has 0 aliphatic carbocycles. The Morgan fingerprint density at radius 1 is 1.00 bits per heavy atom. The third-order valence-electron chi connectivity index (χ3n) is 6.32. The van der Waals surface area contributed by atoms with Crippen molar-refractivity contribution in [2.24, 2.45) is 5.73 Å². The van der Waals surface area contributed by atoms with Gasteiger partial charge in [0.1, 0.15) is 5.75 Å². The number of phenolic OH excluding ortho intramolecular Hbond substituents is 1. The molecule has 0 radical (unpaired) electrons. The maximum Gasteiger partial charge on any atom is 0.115 e. The van der Waals surface area contributed by atoms with Crippen LogP contribution in [-0.4, -0.2) is 34.7 Å². The first kappa shape index (κ1) is 17.6. The van der Waals surface area contributed by atoms with Gasteiger partial charge in [0.15, 0.2) is 0 Å². The number of piperidine rings is 1. The van der Waals surface area contributed by atoms with Crippen LogP contribution in [0.2, 0.25) is 0 Å². The largest absolute Gasteiger partial charge is 0.508 e. The van der Waals surface area contributed by atoms with Gasteiger partial charge in [0.25, 0.3) is 0 Å². The van der Waals surface area contributed by atoms with Crippen molar-refractivity contribution in [1.29, 1.82) is 0 Å². The van der Waals surface area contributed by atoms with Gasteiger partial charge < -0.3 is 10.8 Å². The zero-order chi connectivity index (χ0) is 17.9. The highest BCUT2D eigenvalue weighted by molar-refractivity contribution is 5.30. The number of phenols is 1. The summed E-state index contributed by atoms with van der Waals surface area (Å²) in [5, 5.41) is 9.79. The van der Waals surface area contributed by atoms with Crippen molar-refractivity contribution < 1.29 is 5.11 Å². The number of nitrogens with zero attached hydrogens (tertiary/aromatic N) is 1. The lowest BCUT2D eigenvalue weighted by atomic mass is 9.84. The summed E-state index contributed by atoms with van der Waals surface area (Å²) in [5.41, 5.74) is 9.18. The van der Waals surface area contributed by atoms with Gasteiger partial charge in [0.05, 0.1) is 0 Å². The molecule has 2 saturated heterocycles. The van der Waals surface area contributed by atoms with Gasteiger partial charge in [-0.25, -0.2) is 0 Å². The molecular weight excluding hydrogens is 320 g/mol. The molecule has 2 aromatic rings. The van der Waals surface area contributed by atoms with E-state index in [9.17, 15) is 5.11 Å². The van der Waals surface area contributed by atoms with Crippen LogP contribution in [0.25, 0.3) is 0 Å². The molecule has 0 amide bonds. The number of fused-ring (bicyclic) bond motifs is 2. The van der Waals surface area contributed by atoms with Crippen molar-refractivity contribution in [3.8, 4) is 5.75 Å². The van der Waals surface area contributed by atoms with E-state index >= 15 is 0 Å². The zero-order valence-corrected chi connectivity index (χ0v) is 15.4. The fourth-order valence-electron chi connectivity index (χ4n) is 4.98. The van der Waals surface area contributed by atoms with Crippen molar-refractivity contribution in [3.63, 3.8) is 0 Å². The first-order chi connectivity index (χ1) is 12.7. The molecule has 3 nitrogen and oxygen atoms in total. The molecule has 2 aliphatic rings. The van der Waals surface area contributed by atoms with E-state index in [1.165, 1.54) is 36.8 Å². The van der Waals surface area contributed by atoms with Crippen molar-refractivity contribution >= 4 is 0 Å². The van der Waals surface area contributed by atoms with Gasteiger partial charge >= 0.3 is 0 Å². The second kappa shape index (κ2) is 7.81. The molecule has 3 heteroatoms. The third-order valence-corrected chi connectivity index (χ3v) is 6.32. The summed E-state index contributed by atoms with van der Waals surface area (Å²) in [4.78, 5) is 2.69. The van der Waals surface area contributed by atoms with Crippen molar-refractivity contribution in [3.05, 3.63) is 65.7 Å². The molecule has 26 heavy (non-hydrogen) atoms. The zero-order valence-electron chi connectivity index (χ0n) is 15.4. The highest BCUT2D eigenvalue weighted by Crippen LogP contribution is 2.43. The maximum atomic E-state index is 9.79. The summed E-state index contributed by atoms with van der Waals surface area (Å²) >= 11 is 0. The molecular formula is C23H30N2O. The maximum absolute atomic E-state index is 9.79. The Morgan fingerprint density at radius 3 is 2.42 bits per heavy atom. The number of rotatable bonds is 6. The van der Waals surface area contributed by atoms with Crippen LogP contribution in [0, 0.1) is 0 Å². The number of hydrogen-bond acceptors (Lipinski definition) is 3. The summed E-state index contributed by atoms with van der Waals surface area (Å²) in [6.07, 6.45) is 7.11. The minimum atomic E-state index is 0.246. The number of benzene rings is 2. The molecule has 0 saturated carbocycles. The number of aromatic hydroxyl groups is 1. The Bertz CT molecular complexity index is 703. The van der Waals surface area contributed by atoms with Crippen molar-refractivity contribution in [2.45, 2.75) is 62.6 Å². The molecule has 2 aromatic carbocycles. The fraction of sp³-hybridized carbons (Fsp3) is 0.478. The molecule has 2 aliphatic heterocycles. The smallest absolute Gasteiger partial charge is 0.115 e. The average Bonchev–Trinajstić information content (AvgIpc) is 2.89. The molecule has 138 valence electrons. The predicted molar refractivity (Wildman–Crippen MR) is 106 cm³/mol. The summed E-state index contributed by atoms with van der Waals surface area (Å²) in [6, 6.07) is 20.1. The first-order valence-corrected chi connectivity index (χ1v) is 10.0. The number of aryl methyl sites for hydroxylation is 1.